The van der Waals surface area contributed by atoms with Crippen molar-refractivity contribution in [3.8, 4) is 17.0 Å². The van der Waals surface area contributed by atoms with Crippen molar-refractivity contribution in [1.82, 2.24) is 15.3 Å². The molecule has 3 rings (SSSR count). The van der Waals surface area contributed by atoms with Crippen LogP contribution in [0.15, 0.2) is 60.8 Å². The van der Waals surface area contributed by atoms with Crippen LogP contribution in [0.3, 0.4) is 0 Å². The van der Waals surface area contributed by atoms with Crippen LogP contribution in [0.5, 0.6) is 5.75 Å². The summed E-state index contributed by atoms with van der Waals surface area (Å²) in [5.41, 5.74) is 8.74. The lowest BCUT2D eigenvalue weighted by Crippen LogP contribution is -2.22. The van der Waals surface area contributed by atoms with Crippen molar-refractivity contribution in [3.63, 3.8) is 0 Å². The van der Waals surface area contributed by atoms with Gasteiger partial charge < -0.3 is 15.8 Å². The summed E-state index contributed by atoms with van der Waals surface area (Å²) in [6.07, 6.45) is 1.60. The smallest absolute Gasteiger partial charge is 0.251 e. The normalized spacial score (nSPS) is 10.3. The highest BCUT2D eigenvalue weighted by Gasteiger charge is 2.07. The van der Waals surface area contributed by atoms with Gasteiger partial charge in [0.05, 0.1) is 12.8 Å². The molecule has 0 saturated carbocycles. The van der Waals surface area contributed by atoms with E-state index in [0.29, 0.717) is 12.1 Å². The van der Waals surface area contributed by atoms with Crippen molar-refractivity contribution >= 4 is 11.9 Å². The Morgan fingerprint density at radius 1 is 1.16 bits per heavy atom. The number of nitrogen functional groups attached to an aromatic ring is 1. The molecule has 3 N–H and O–H groups in total. The van der Waals surface area contributed by atoms with Crippen LogP contribution < -0.4 is 15.8 Å². The maximum Gasteiger partial charge on any atom is 0.251 e. The number of nitrogens with one attached hydrogen (secondary N) is 1. The molecule has 3 aromatic rings. The third-order valence-electron chi connectivity index (χ3n) is 3.70. The van der Waals surface area contributed by atoms with Crippen LogP contribution in [0.4, 0.5) is 5.95 Å². The molecule has 0 bridgehead atoms. The summed E-state index contributed by atoms with van der Waals surface area (Å²) in [6, 6.07) is 16.5. The predicted molar refractivity (Wildman–Crippen MR) is 96.0 cm³/mol. The van der Waals surface area contributed by atoms with Crippen LogP contribution in [0.25, 0.3) is 11.3 Å². The number of anilines is 1. The van der Waals surface area contributed by atoms with Gasteiger partial charge in [-0.15, -0.1) is 0 Å². The van der Waals surface area contributed by atoms with Crippen molar-refractivity contribution in [1.29, 1.82) is 0 Å². The number of hydrogen-bond acceptors (Lipinski definition) is 5. The minimum absolute atomic E-state index is 0.142. The number of methoxy groups -OCH3 is 1. The van der Waals surface area contributed by atoms with E-state index in [0.717, 1.165) is 22.6 Å². The standard InChI is InChI=1S/C19H18N4O2/c1-25-16-4-2-3-13(11-16)12-22-18(24)15-7-5-14(6-8-15)17-9-10-21-19(20)23-17/h2-11H,12H2,1H3,(H,22,24)(H2,20,21,23). The van der Waals surface area contributed by atoms with Crippen LogP contribution in [-0.4, -0.2) is 23.0 Å². The summed E-state index contributed by atoms with van der Waals surface area (Å²) in [6.45, 7) is 0.431. The van der Waals surface area contributed by atoms with Crippen molar-refractivity contribution in [2.24, 2.45) is 0 Å². The fraction of sp³-hybridized carbons (Fsp3) is 0.105. The Labute approximate surface area is 145 Å². The van der Waals surface area contributed by atoms with Gasteiger partial charge in [0.15, 0.2) is 0 Å². The van der Waals surface area contributed by atoms with Gasteiger partial charge in [0.25, 0.3) is 5.91 Å². The Balaban J connectivity index is 1.66. The molecule has 0 aliphatic heterocycles. The molecule has 6 nitrogen and oxygen atoms in total. The summed E-state index contributed by atoms with van der Waals surface area (Å²) in [5, 5.41) is 2.89. The third kappa shape index (κ3) is 4.11. The molecule has 0 saturated heterocycles. The van der Waals surface area contributed by atoms with Gasteiger partial charge >= 0.3 is 0 Å². The van der Waals surface area contributed by atoms with E-state index in [4.69, 9.17) is 10.5 Å². The van der Waals surface area contributed by atoms with Crippen LogP contribution in [0, 0.1) is 0 Å². The molecule has 2 aromatic carbocycles. The molecule has 6 heteroatoms. The third-order valence-corrected chi connectivity index (χ3v) is 3.70. The molecule has 126 valence electrons. The highest BCUT2D eigenvalue weighted by Crippen LogP contribution is 2.18. The monoisotopic (exact) mass is 334 g/mol. The Kier molecular flexibility index (Phi) is 4.89. The van der Waals surface area contributed by atoms with Gasteiger partial charge in [0.1, 0.15) is 5.75 Å². The molecular weight excluding hydrogens is 316 g/mol. The molecule has 0 unspecified atom stereocenters. The minimum Gasteiger partial charge on any atom is -0.497 e. The quantitative estimate of drug-likeness (QED) is 0.748. The number of hydrogen-bond donors (Lipinski definition) is 2. The maximum absolute atomic E-state index is 12.3. The number of carbonyl (C=O) groups excluding carboxylic acids is 1. The second kappa shape index (κ2) is 7.44. The molecule has 1 heterocycles. The lowest BCUT2D eigenvalue weighted by Gasteiger charge is -2.08. The number of aromatic nitrogens is 2. The number of carbonyl (C=O) groups is 1. The summed E-state index contributed by atoms with van der Waals surface area (Å²) in [7, 11) is 1.62. The van der Waals surface area contributed by atoms with Crippen molar-refractivity contribution < 1.29 is 9.53 Å². The molecule has 0 spiro atoms. The van der Waals surface area contributed by atoms with E-state index < -0.39 is 0 Å². The summed E-state index contributed by atoms with van der Waals surface area (Å²) < 4.78 is 5.18. The van der Waals surface area contributed by atoms with E-state index in [-0.39, 0.29) is 11.9 Å². The molecule has 1 amide bonds. The second-order valence-electron chi connectivity index (χ2n) is 5.41. The van der Waals surface area contributed by atoms with Crippen LogP contribution in [0.2, 0.25) is 0 Å². The second-order valence-corrected chi connectivity index (χ2v) is 5.41. The highest BCUT2D eigenvalue weighted by atomic mass is 16.5. The average molecular weight is 334 g/mol. The Morgan fingerprint density at radius 3 is 2.68 bits per heavy atom. The van der Waals surface area contributed by atoms with Gasteiger partial charge in [-0.1, -0.05) is 24.3 Å². The van der Waals surface area contributed by atoms with Gasteiger partial charge in [-0.3, -0.25) is 4.79 Å². The fourth-order valence-electron chi connectivity index (χ4n) is 2.39. The highest BCUT2D eigenvalue weighted by molar-refractivity contribution is 5.94. The van der Waals surface area contributed by atoms with E-state index in [9.17, 15) is 4.79 Å². The number of rotatable bonds is 5. The first-order valence-electron chi connectivity index (χ1n) is 7.76. The summed E-state index contributed by atoms with van der Waals surface area (Å²) in [5.74, 6) is 0.842. The topological polar surface area (TPSA) is 90.1 Å². The van der Waals surface area contributed by atoms with Gasteiger partial charge in [-0.25, -0.2) is 9.97 Å². The maximum atomic E-state index is 12.3. The molecule has 25 heavy (non-hydrogen) atoms. The largest absolute Gasteiger partial charge is 0.497 e. The molecule has 0 radical (unpaired) electrons. The molecule has 0 aliphatic rings. The molecule has 0 atom stereocenters. The average Bonchev–Trinajstić information content (AvgIpc) is 2.66. The van der Waals surface area contributed by atoms with E-state index in [1.807, 2.05) is 36.4 Å². The summed E-state index contributed by atoms with van der Waals surface area (Å²) in [4.78, 5) is 20.3. The Hall–Kier alpha value is -3.41. The van der Waals surface area contributed by atoms with E-state index in [1.165, 1.54) is 0 Å². The van der Waals surface area contributed by atoms with Crippen LogP contribution >= 0.6 is 0 Å². The lowest BCUT2D eigenvalue weighted by atomic mass is 10.1. The first-order valence-corrected chi connectivity index (χ1v) is 7.76. The first-order chi connectivity index (χ1) is 12.2. The number of benzene rings is 2. The Morgan fingerprint density at radius 2 is 1.96 bits per heavy atom. The molecule has 0 aliphatic carbocycles. The minimum atomic E-state index is -0.142. The lowest BCUT2D eigenvalue weighted by molar-refractivity contribution is 0.0951. The molecular formula is C19H18N4O2. The van der Waals surface area contributed by atoms with Crippen LogP contribution in [0.1, 0.15) is 15.9 Å². The van der Waals surface area contributed by atoms with Gasteiger partial charge in [-0.05, 0) is 35.9 Å². The van der Waals surface area contributed by atoms with E-state index >= 15 is 0 Å². The SMILES string of the molecule is COc1cccc(CNC(=O)c2ccc(-c3ccnc(N)n3)cc2)c1. The predicted octanol–water partition coefficient (Wildman–Crippen LogP) is 2.66. The zero-order chi connectivity index (χ0) is 17.6. The first kappa shape index (κ1) is 16.4. The zero-order valence-electron chi connectivity index (χ0n) is 13.8. The molecule has 1 aromatic heterocycles. The van der Waals surface area contributed by atoms with E-state index in [2.05, 4.69) is 15.3 Å². The van der Waals surface area contributed by atoms with Crippen molar-refractivity contribution in [3.05, 3.63) is 71.9 Å². The summed E-state index contributed by atoms with van der Waals surface area (Å²) >= 11 is 0. The van der Waals surface area contributed by atoms with Gasteiger partial charge in [0, 0.05) is 23.9 Å². The number of ether oxygens (including phenoxy) is 1. The number of amides is 1. The van der Waals surface area contributed by atoms with Crippen molar-refractivity contribution in [2.75, 3.05) is 12.8 Å². The van der Waals surface area contributed by atoms with Crippen molar-refractivity contribution in [2.45, 2.75) is 6.54 Å². The number of nitrogens with two attached hydrogens (primary N) is 1. The van der Waals surface area contributed by atoms with Gasteiger partial charge in [0.2, 0.25) is 5.95 Å². The zero-order valence-corrected chi connectivity index (χ0v) is 13.8. The number of nitrogens with zero attached hydrogens (tertiary/aromatic N) is 2. The van der Waals surface area contributed by atoms with E-state index in [1.54, 1.807) is 31.5 Å². The fourth-order valence-corrected chi connectivity index (χ4v) is 2.39. The molecule has 0 fully saturated rings. The van der Waals surface area contributed by atoms with Gasteiger partial charge in [-0.2, -0.15) is 0 Å². The van der Waals surface area contributed by atoms with Crippen LogP contribution in [-0.2, 0) is 6.54 Å². The Bertz CT molecular complexity index is 879.